The summed E-state index contributed by atoms with van der Waals surface area (Å²) in [5.74, 6) is 0.00533. The van der Waals surface area contributed by atoms with Gasteiger partial charge in [0.15, 0.2) is 0 Å². The molecule has 0 radical (unpaired) electrons. The van der Waals surface area contributed by atoms with Crippen LogP contribution < -0.4 is 15.0 Å². The molecule has 1 aromatic carbocycles. The monoisotopic (exact) mass is 422 g/mol. The molecule has 8 heteroatoms. The summed E-state index contributed by atoms with van der Waals surface area (Å²) in [6.45, 7) is 2.63. The highest BCUT2D eigenvalue weighted by Gasteiger charge is 2.36. The van der Waals surface area contributed by atoms with Crippen molar-refractivity contribution in [2.45, 2.75) is 19.9 Å². The lowest BCUT2D eigenvalue weighted by molar-refractivity contribution is -0.126. The van der Waals surface area contributed by atoms with Crippen LogP contribution in [0.1, 0.15) is 17.7 Å². The number of benzene rings is 1. The summed E-state index contributed by atoms with van der Waals surface area (Å²) in [5.41, 5.74) is 3.53. The second kappa shape index (κ2) is 8.62. The van der Waals surface area contributed by atoms with Crippen LogP contribution in [0.2, 0.25) is 0 Å². The third kappa shape index (κ3) is 4.18. The van der Waals surface area contributed by atoms with Crippen LogP contribution in [-0.2, 0) is 16.1 Å². The quantitative estimate of drug-likeness (QED) is 0.660. The number of pyridine rings is 1. The van der Waals surface area contributed by atoms with Gasteiger partial charge < -0.3 is 15.0 Å². The van der Waals surface area contributed by atoms with Gasteiger partial charge in [-0.15, -0.1) is 11.3 Å². The zero-order valence-electron chi connectivity index (χ0n) is 16.8. The SMILES string of the molecule is COc1ccc(C)cc1N1CC(C(=O)NCc2csc(-c3ccncc3)n2)CC1=O. The van der Waals surface area contributed by atoms with E-state index in [0.29, 0.717) is 24.5 Å². The van der Waals surface area contributed by atoms with Crippen molar-refractivity contribution in [2.75, 3.05) is 18.6 Å². The van der Waals surface area contributed by atoms with Gasteiger partial charge in [-0.1, -0.05) is 6.07 Å². The first kappa shape index (κ1) is 20.0. The van der Waals surface area contributed by atoms with Gasteiger partial charge in [0.2, 0.25) is 11.8 Å². The van der Waals surface area contributed by atoms with Gasteiger partial charge in [0.05, 0.1) is 31.0 Å². The molecule has 7 nitrogen and oxygen atoms in total. The fourth-order valence-corrected chi connectivity index (χ4v) is 4.29. The number of methoxy groups -OCH3 is 1. The van der Waals surface area contributed by atoms with Crippen molar-refractivity contribution in [1.82, 2.24) is 15.3 Å². The van der Waals surface area contributed by atoms with Crippen LogP contribution in [-0.4, -0.2) is 35.4 Å². The highest BCUT2D eigenvalue weighted by molar-refractivity contribution is 7.13. The Morgan fingerprint density at radius 2 is 2.10 bits per heavy atom. The number of carbonyl (C=O) groups is 2. The lowest BCUT2D eigenvalue weighted by atomic mass is 10.1. The van der Waals surface area contributed by atoms with Gasteiger partial charge >= 0.3 is 0 Å². The van der Waals surface area contributed by atoms with Gasteiger partial charge in [-0.05, 0) is 36.8 Å². The van der Waals surface area contributed by atoms with E-state index < -0.39 is 5.92 Å². The van der Waals surface area contributed by atoms with E-state index in [2.05, 4.69) is 15.3 Å². The molecule has 30 heavy (non-hydrogen) atoms. The van der Waals surface area contributed by atoms with Crippen LogP contribution >= 0.6 is 11.3 Å². The van der Waals surface area contributed by atoms with Crippen molar-refractivity contribution in [3.63, 3.8) is 0 Å². The first-order valence-corrected chi connectivity index (χ1v) is 10.5. The Kier molecular flexibility index (Phi) is 5.76. The molecule has 0 saturated carbocycles. The molecule has 154 valence electrons. The van der Waals surface area contributed by atoms with Crippen LogP contribution in [0.5, 0.6) is 5.75 Å². The topological polar surface area (TPSA) is 84.4 Å². The maximum absolute atomic E-state index is 12.7. The summed E-state index contributed by atoms with van der Waals surface area (Å²) in [5, 5.41) is 5.74. The average Bonchev–Trinajstić information content (AvgIpc) is 3.39. The molecule has 0 aliphatic carbocycles. The van der Waals surface area contributed by atoms with Crippen LogP contribution in [0.3, 0.4) is 0 Å². The molecule has 4 rings (SSSR count). The molecule has 0 spiro atoms. The van der Waals surface area contributed by atoms with E-state index in [1.54, 1.807) is 24.4 Å². The summed E-state index contributed by atoms with van der Waals surface area (Å²) >= 11 is 1.52. The molecule has 1 unspecified atom stereocenters. The predicted octanol–water partition coefficient (Wildman–Crippen LogP) is 3.19. The molecule has 2 amide bonds. The van der Waals surface area contributed by atoms with Crippen LogP contribution in [0.25, 0.3) is 10.6 Å². The second-order valence-electron chi connectivity index (χ2n) is 7.18. The molecule has 2 aromatic heterocycles. The number of carbonyl (C=O) groups excluding carboxylic acids is 2. The van der Waals surface area contributed by atoms with Crippen molar-refractivity contribution >= 4 is 28.8 Å². The summed E-state index contributed by atoms with van der Waals surface area (Å²) in [4.78, 5) is 35.5. The lowest BCUT2D eigenvalue weighted by Crippen LogP contribution is -2.32. The highest BCUT2D eigenvalue weighted by atomic mass is 32.1. The minimum atomic E-state index is -0.402. The molecule has 1 N–H and O–H groups in total. The number of aryl methyl sites for hydroxylation is 1. The van der Waals surface area contributed by atoms with Crippen LogP contribution in [0.4, 0.5) is 5.69 Å². The van der Waals surface area contributed by atoms with Crippen molar-refractivity contribution in [2.24, 2.45) is 5.92 Å². The summed E-state index contributed by atoms with van der Waals surface area (Å²) < 4.78 is 5.40. The lowest BCUT2D eigenvalue weighted by Gasteiger charge is -2.20. The van der Waals surface area contributed by atoms with E-state index in [1.165, 1.54) is 11.3 Å². The Morgan fingerprint density at radius 3 is 2.87 bits per heavy atom. The summed E-state index contributed by atoms with van der Waals surface area (Å²) in [7, 11) is 1.58. The highest BCUT2D eigenvalue weighted by Crippen LogP contribution is 2.34. The number of aromatic nitrogens is 2. The normalized spacial score (nSPS) is 16.0. The van der Waals surface area contributed by atoms with Crippen molar-refractivity contribution in [3.05, 3.63) is 59.4 Å². The third-order valence-electron chi connectivity index (χ3n) is 5.04. The largest absolute Gasteiger partial charge is 0.495 e. The molecular weight excluding hydrogens is 400 g/mol. The van der Waals surface area contributed by atoms with Gasteiger partial charge in [-0.25, -0.2) is 4.98 Å². The van der Waals surface area contributed by atoms with E-state index in [1.807, 2.05) is 42.6 Å². The molecule has 3 heterocycles. The Morgan fingerprint density at radius 1 is 1.30 bits per heavy atom. The van der Waals surface area contributed by atoms with Crippen LogP contribution in [0, 0.1) is 12.8 Å². The number of hydrogen-bond acceptors (Lipinski definition) is 6. The number of anilines is 1. The van der Waals surface area contributed by atoms with Gasteiger partial charge in [-0.2, -0.15) is 0 Å². The number of rotatable bonds is 6. The fourth-order valence-electron chi connectivity index (χ4n) is 3.46. The maximum Gasteiger partial charge on any atom is 0.227 e. The molecule has 1 fully saturated rings. The van der Waals surface area contributed by atoms with E-state index in [9.17, 15) is 9.59 Å². The predicted molar refractivity (Wildman–Crippen MR) is 115 cm³/mol. The van der Waals surface area contributed by atoms with Crippen molar-refractivity contribution in [1.29, 1.82) is 0 Å². The Balaban J connectivity index is 1.39. The molecular formula is C22H22N4O3S. The fraction of sp³-hybridized carbons (Fsp3) is 0.273. The number of amides is 2. The summed E-state index contributed by atoms with van der Waals surface area (Å²) in [6.07, 6.45) is 3.64. The Labute approximate surface area is 178 Å². The molecule has 1 aliphatic heterocycles. The minimum Gasteiger partial charge on any atom is -0.495 e. The molecule has 1 saturated heterocycles. The van der Waals surface area contributed by atoms with Gasteiger partial charge in [-0.3, -0.25) is 14.6 Å². The molecule has 1 aliphatic rings. The zero-order chi connectivity index (χ0) is 21.1. The van der Waals surface area contributed by atoms with E-state index in [-0.39, 0.29) is 18.2 Å². The zero-order valence-corrected chi connectivity index (χ0v) is 17.6. The van der Waals surface area contributed by atoms with E-state index >= 15 is 0 Å². The number of nitrogens with zero attached hydrogens (tertiary/aromatic N) is 3. The van der Waals surface area contributed by atoms with Crippen molar-refractivity contribution in [3.8, 4) is 16.3 Å². The maximum atomic E-state index is 12.7. The second-order valence-corrected chi connectivity index (χ2v) is 8.04. The molecule has 3 aromatic rings. The van der Waals surface area contributed by atoms with Crippen LogP contribution in [0.15, 0.2) is 48.1 Å². The first-order chi connectivity index (χ1) is 14.5. The number of ether oxygens (including phenoxy) is 1. The van der Waals surface area contributed by atoms with Gasteiger partial charge in [0, 0.05) is 36.3 Å². The first-order valence-electron chi connectivity index (χ1n) is 9.62. The third-order valence-corrected chi connectivity index (χ3v) is 5.98. The standard InChI is InChI=1S/C22H22N4O3S/c1-14-3-4-19(29-2)18(9-14)26-12-16(10-20(26)27)21(28)24-11-17-13-30-22(25-17)15-5-7-23-8-6-15/h3-9,13,16H,10-12H2,1-2H3,(H,24,28). The number of thiazole rings is 1. The van der Waals surface area contributed by atoms with Crippen molar-refractivity contribution < 1.29 is 14.3 Å². The van der Waals surface area contributed by atoms with E-state index in [0.717, 1.165) is 21.8 Å². The molecule has 1 atom stereocenters. The number of nitrogens with one attached hydrogen (secondary N) is 1. The smallest absolute Gasteiger partial charge is 0.227 e. The average molecular weight is 423 g/mol. The Bertz CT molecular complexity index is 1070. The minimum absolute atomic E-state index is 0.0762. The Hall–Kier alpha value is -3.26. The van der Waals surface area contributed by atoms with Gasteiger partial charge in [0.1, 0.15) is 10.8 Å². The summed E-state index contributed by atoms with van der Waals surface area (Å²) in [6, 6.07) is 9.49. The molecule has 0 bridgehead atoms. The number of hydrogen-bond donors (Lipinski definition) is 1. The van der Waals surface area contributed by atoms with E-state index in [4.69, 9.17) is 4.74 Å². The van der Waals surface area contributed by atoms with Gasteiger partial charge in [0.25, 0.3) is 0 Å².